The average molecular weight is 559 g/mol. The molecule has 0 bridgehead atoms. The lowest BCUT2D eigenvalue weighted by atomic mass is 9.93. The van der Waals surface area contributed by atoms with E-state index in [2.05, 4.69) is 21.4 Å². The summed E-state index contributed by atoms with van der Waals surface area (Å²) < 4.78 is 16.3. The number of hydrogen-bond acceptors (Lipinski definition) is 7. The number of methoxy groups -OCH3 is 1. The molecular formula is C26H24Cl2N4O6. The molecule has 1 aliphatic rings. The Balaban J connectivity index is 1.38. The van der Waals surface area contributed by atoms with E-state index in [1.807, 2.05) is 0 Å². The fourth-order valence-electron chi connectivity index (χ4n) is 3.88. The first kappa shape index (κ1) is 27.0. The van der Waals surface area contributed by atoms with Crippen molar-refractivity contribution >= 4 is 46.6 Å². The van der Waals surface area contributed by atoms with E-state index in [0.717, 1.165) is 6.42 Å². The van der Waals surface area contributed by atoms with Gasteiger partial charge in [-0.15, -0.1) is 0 Å². The highest BCUT2D eigenvalue weighted by Crippen LogP contribution is 2.30. The van der Waals surface area contributed by atoms with Gasteiger partial charge in [0.25, 0.3) is 11.8 Å². The number of rotatable bonds is 7. The molecule has 0 atom stereocenters. The summed E-state index contributed by atoms with van der Waals surface area (Å²) in [4.78, 5) is 37.4. The van der Waals surface area contributed by atoms with Crippen LogP contribution < -0.4 is 25.8 Å². The standard InChI is InChI=1S/C26H24Cl2N4O6/c1-14-23-19(29-31-25(34)15-6-9-17(36-2)10-7-15)4-3-5-21(23)38-24(14)26(35)32-30-22(33)13-37-20-11-8-16(27)12-18(20)28/h6-12H,3-5,13H2,1-2H3,(H,30,33)(H,31,34)(H,32,35)/b29-19+. The van der Waals surface area contributed by atoms with Crippen LogP contribution in [0.2, 0.25) is 10.0 Å². The Labute approximate surface area is 228 Å². The number of fused-ring (bicyclic) bond motifs is 1. The number of aryl methyl sites for hydroxylation is 1. The van der Waals surface area contributed by atoms with Crippen LogP contribution in [0.25, 0.3) is 0 Å². The van der Waals surface area contributed by atoms with Crippen molar-refractivity contribution in [1.82, 2.24) is 16.3 Å². The van der Waals surface area contributed by atoms with Gasteiger partial charge in [-0.3, -0.25) is 25.2 Å². The van der Waals surface area contributed by atoms with E-state index in [4.69, 9.17) is 37.1 Å². The molecule has 3 N–H and O–H groups in total. The van der Waals surface area contributed by atoms with Crippen LogP contribution in [-0.4, -0.2) is 37.1 Å². The van der Waals surface area contributed by atoms with Gasteiger partial charge in [-0.25, -0.2) is 5.43 Å². The predicted molar refractivity (Wildman–Crippen MR) is 141 cm³/mol. The molecule has 0 saturated heterocycles. The van der Waals surface area contributed by atoms with Crippen LogP contribution in [-0.2, 0) is 11.2 Å². The van der Waals surface area contributed by atoms with Crippen molar-refractivity contribution in [2.45, 2.75) is 26.2 Å². The lowest BCUT2D eigenvalue weighted by Gasteiger charge is -2.13. The van der Waals surface area contributed by atoms with E-state index in [1.165, 1.54) is 12.1 Å². The van der Waals surface area contributed by atoms with E-state index in [9.17, 15) is 14.4 Å². The Morgan fingerprint density at radius 3 is 2.50 bits per heavy atom. The molecule has 0 radical (unpaired) electrons. The van der Waals surface area contributed by atoms with E-state index in [0.29, 0.717) is 51.8 Å². The van der Waals surface area contributed by atoms with E-state index in [1.54, 1.807) is 44.4 Å². The second-order valence-electron chi connectivity index (χ2n) is 8.30. The lowest BCUT2D eigenvalue weighted by Crippen LogP contribution is -2.43. The van der Waals surface area contributed by atoms with Gasteiger partial charge in [0.1, 0.15) is 17.3 Å². The van der Waals surface area contributed by atoms with Gasteiger partial charge in [-0.05, 0) is 62.2 Å². The van der Waals surface area contributed by atoms with Crippen LogP contribution >= 0.6 is 23.2 Å². The molecule has 1 heterocycles. The number of hydrazone groups is 1. The molecule has 38 heavy (non-hydrogen) atoms. The third-order valence-electron chi connectivity index (χ3n) is 5.74. The van der Waals surface area contributed by atoms with Gasteiger partial charge >= 0.3 is 5.91 Å². The van der Waals surface area contributed by atoms with Crippen LogP contribution in [0.15, 0.2) is 52.0 Å². The molecule has 0 aliphatic heterocycles. The highest BCUT2D eigenvalue weighted by molar-refractivity contribution is 6.35. The van der Waals surface area contributed by atoms with Crippen LogP contribution in [0.1, 0.15) is 50.6 Å². The normalized spacial score (nSPS) is 13.4. The molecule has 3 aromatic rings. The predicted octanol–water partition coefficient (Wildman–Crippen LogP) is 4.21. The third kappa shape index (κ3) is 6.27. The number of nitrogens with one attached hydrogen (secondary N) is 3. The lowest BCUT2D eigenvalue weighted by molar-refractivity contribution is -0.123. The van der Waals surface area contributed by atoms with Crippen molar-refractivity contribution in [2.75, 3.05) is 13.7 Å². The summed E-state index contributed by atoms with van der Waals surface area (Å²) in [7, 11) is 1.55. The Morgan fingerprint density at radius 2 is 1.79 bits per heavy atom. The Bertz CT molecular complexity index is 1400. The summed E-state index contributed by atoms with van der Waals surface area (Å²) in [5, 5.41) is 4.99. The van der Waals surface area contributed by atoms with Crippen LogP contribution in [0.5, 0.6) is 11.5 Å². The number of halogens is 2. The molecule has 10 nitrogen and oxygen atoms in total. The Morgan fingerprint density at radius 1 is 1.03 bits per heavy atom. The molecule has 0 saturated carbocycles. The highest BCUT2D eigenvalue weighted by Gasteiger charge is 2.28. The molecule has 0 unspecified atom stereocenters. The molecule has 1 aromatic heterocycles. The summed E-state index contributed by atoms with van der Waals surface area (Å²) in [6.07, 6.45) is 1.94. The number of furan rings is 1. The van der Waals surface area contributed by atoms with Crippen LogP contribution in [0.4, 0.5) is 0 Å². The fourth-order valence-corrected chi connectivity index (χ4v) is 4.34. The summed E-state index contributed by atoms with van der Waals surface area (Å²) in [5.74, 6) is -0.0943. The Kier molecular flexibility index (Phi) is 8.55. The molecule has 3 amide bonds. The Hall–Kier alpha value is -4.02. The van der Waals surface area contributed by atoms with Crippen molar-refractivity contribution in [3.05, 3.63) is 80.7 Å². The van der Waals surface area contributed by atoms with Crippen LogP contribution in [0, 0.1) is 6.92 Å². The monoisotopic (exact) mass is 558 g/mol. The number of carbonyl (C=O) groups excluding carboxylic acids is 3. The van der Waals surface area contributed by atoms with Crippen molar-refractivity contribution < 1.29 is 28.3 Å². The number of carbonyl (C=O) groups is 3. The van der Waals surface area contributed by atoms with Gasteiger partial charge in [-0.2, -0.15) is 5.10 Å². The topological polar surface area (TPSA) is 131 Å². The maximum atomic E-state index is 12.7. The second kappa shape index (κ2) is 12.0. The summed E-state index contributed by atoms with van der Waals surface area (Å²) in [6.45, 7) is 1.33. The molecule has 4 rings (SSSR count). The molecule has 12 heteroatoms. The molecule has 0 fully saturated rings. The average Bonchev–Trinajstić information content (AvgIpc) is 3.26. The zero-order valence-electron chi connectivity index (χ0n) is 20.5. The van der Waals surface area contributed by atoms with Gasteiger partial charge in [0, 0.05) is 28.1 Å². The van der Waals surface area contributed by atoms with Gasteiger partial charge in [0.2, 0.25) is 0 Å². The van der Waals surface area contributed by atoms with Crippen molar-refractivity contribution in [3.8, 4) is 11.5 Å². The SMILES string of the molecule is COc1ccc(C(=O)N/N=C2\CCCc3oc(C(=O)NNC(=O)COc4ccc(Cl)cc4Cl)c(C)c32)cc1. The second-order valence-corrected chi connectivity index (χ2v) is 9.15. The number of benzene rings is 2. The van der Waals surface area contributed by atoms with Crippen molar-refractivity contribution in [1.29, 1.82) is 0 Å². The third-order valence-corrected chi connectivity index (χ3v) is 6.28. The van der Waals surface area contributed by atoms with Gasteiger partial charge < -0.3 is 13.9 Å². The maximum absolute atomic E-state index is 12.7. The van der Waals surface area contributed by atoms with E-state index < -0.39 is 11.8 Å². The first-order valence-corrected chi connectivity index (χ1v) is 12.3. The van der Waals surface area contributed by atoms with Gasteiger partial charge in [0.15, 0.2) is 12.4 Å². The van der Waals surface area contributed by atoms with Gasteiger partial charge in [-0.1, -0.05) is 23.2 Å². The summed E-state index contributed by atoms with van der Waals surface area (Å²) in [5.41, 5.74) is 9.41. The molecule has 0 spiro atoms. The fraction of sp³-hybridized carbons (Fsp3) is 0.231. The summed E-state index contributed by atoms with van der Waals surface area (Å²) >= 11 is 11.9. The number of hydrogen-bond donors (Lipinski definition) is 3. The number of nitrogens with zero attached hydrogens (tertiary/aromatic N) is 1. The number of amides is 3. The minimum Gasteiger partial charge on any atom is -0.497 e. The molecule has 2 aromatic carbocycles. The zero-order valence-corrected chi connectivity index (χ0v) is 22.0. The molecular weight excluding hydrogens is 535 g/mol. The minimum absolute atomic E-state index is 0.0352. The first-order chi connectivity index (χ1) is 18.3. The maximum Gasteiger partial charge on any atom is 0.305 e. The molecule has 1 aliphatic carbocycles. The quantitative estimate of drug-likeness (QED) is 0.372. The van der Waals surface area contributed by atoms with Crippen molar-refractivity contribution in [3.63, 3.8) is 0 Å². The first-order valence-electron chi connectivity index (χ1n) is 11.6. The summed E-state index contributed by atoms with van der Waals surface area (Å²) in [6, 6.07) is 11.2. The number of ether oxygens (including phenoxy) is 2. The largest absolute Gasteiger partial charge is 0.497 e. The van der Waals surface area contributed by atoms with E-state index >= 15 is 0 Å². The minimum atomic E-state index is -0.642. The number of hydrazine groups is 1. The van der Waals surface area contributed by atoms with Crippen molar-refractivity contribution in [2.24, 2.45) is 5.10 Å². The van der Waals surface area contributed by atoms with Gasteiger partial charge in [0.05, 0.1) is 17.8 Å². The van der Waals surface area contributed by atoms with Crippen LogP contribution in [0.3, 0.4) is 0 Å². The zero-order chi connectivity index (χ0) is 27.2. The van der Waals surface area contributed by atoms with E-state index in [-0.39, 0.29) is 29.0 Å². The molecule has 198 valence electrons. The highest BCUT2D eigenvalue weighted by atomic mass is 35.5. The smallest absolute Gasteiger partial charge is 0.305 e.